The van der Waals surface area contributed by atoms with Gasteiger partial charge in [0.25, 0.3) is 0 Å². The Labute approximate surface area is 158 Å². The van der Waals surface area contributed by atoms with Crippen molar-refractivity contribution in [2.75, 3.05) is 23.7 Å². The predicted octanol–water partition coefficient (Wildman–Crippen LogP) is 2.66. The van der Waals surface area contributed by atoms with E-state index >= 15 is 0 Å². The van der Waals surface area contributed by atoms with Crippen LogP contribution < -0.4 is 19.6 Å². The third kappa shape index (κ3) is 3.85. The first kappa shape index (κ1) is 17.7. The van der Waals surface area contributed by atoms with Crippen LogP contribution in [0.3, 0.4) is 0 Å². The molecule has 0 aliphatic carbocycles. The lowest BCUT2D eigenvalue weighted by molar-refractivity contribution is 0.171. The number of nitrogens with one attached hydrogen (secondary N) is 2. The van der Waals surface area contributed by atoms with Crippen molar-refractivity contribution in [3.05, 3.63) is 53.6 Å². The van der Waals surface area contributed by atoms with Crippen molar-refractivity contribution in [1.82, 2.24) is 5.43 Å². The van der Waals surface area contributed by atoms with E-state index in [1.54, 1.807) is 19.1 Å². The summed E-state index contributed by atoms with van der Waals surface area (Å²) in [5, 5.41) is 4.45. The molecule has 0 bridgehead atoms. The van der Waals surface area contributed by atoms with E-state index in [9.17, 15) is 8.42 Å². The Morgan fingerprint density at radius 2 is 1.85 bits per heavy atom. The molecule has 0 radical (unpaired) electrons. The first-order valence-electron chi connectivity index (χ1n) is 8.86. The van der Waals surface area contributed by atoms with Crippen LogP contribution in [0.2, 0.25) is 0 Å². The van der Waals surface area contributed by atoms with Crippen LogP contribution in [0.4, 0.5) is 5.69 Å². The lowest BCUT2D eigenvalue weighted by Gasteiger charge is -2.20. The molecule has 0 saturated heterocycles. The van der Waals surface area contributed by atoms with Gasteiger partial charge >= 0.3 is 0 Å². The Bertz CT molecular complexity index is 971. The molecular formula is C19H21N3O4S. The molecule has 0 aromatic heterocycles. The van der Waals surface area contributed by atoms with E-state index in [1.165, 1.54) is 0 Å². The van der Waals surface area contributed by atoms with E-state index in [4.69, 9.17) is 9.47 Å². The number of fused-ring (bicyclic) bond motifs is 1. The highest BCUT2D eigenvalue weighted by Gasteiger charge is 2.23. The summed E-state index contributed by atoms with van der Waals surface area (Å²) in [7, 11) is -3.27. The van der Waals surface area contributed by atoms with Gasteiger partial charge in [0.05, 0.1) is 17.5 Å². The molecule has 0 amide bonds. The zero-order valence-corrected chi connectivity index (χ0v) is 15.8. The highest BCUT2D eigenvalue weighted by atomic mass is 32.2. The summed E-state index contributed by atoms with van der Waals surface area (Å²) in [6, 6.07) is 13.3. The minimum Gasteiger partial charge on any atom is -0.486 e. The number of hydrogen-bond donors (Lipinski definition) is 2. The Hall–Kier alpha value is -2.74. The Balaban J connectivity index is 1.45. The van der Waals surface area contributed by atoms with Crippen molar-refractivity contribution in [3.63, 3.8) is 0 Å². The fourth-order valence-corrected chi connectivity index (χ4v) is 3.71. The summed E-state index contributed by atoms with van der Waals surface area (Å²) in [5.41, 5.74) is 6.70. The van der Waals surface area contributed by atoms with Crippen LogP contribution in [-0.2, 0) is 10.0 Å². The highest BCUT2D eigenvalue weighted by molar-refractivity contribution is 7.92. The van der Waals surface area contributed by atoms with Gasteiger partial charge in [0.1, 0.15) is 13.2 Å². The van der Waals surface area contributed by atoms with E-state index in [-0.39, 0.29) is 11.8 Å². The standard InChI is InChI=1S/C19H21N3O4S/c1-2-27(23,24)22-15-6-3-13(4-7-15)16-12-17(21-20-16)14-5-8-18-19(11-14)26-10-9-25-18/h3-8,11,17,21-22H,2,9-10,12H2,1H3. The molecule has 2 heterocycles. The molecule has 0 spiro atoms. The SMILES string of the molecule is CCS(=O)(=O)Nc1ccc(C2=NNC(c3ccc4c(c3)OCCO4)C2)cc1. The zero-order valence-electron chi connectivity index (χ0n) is 14.9. The average molecular weight is 387 g/mol. The molecule has 2 aliphatic rings. The average Bonchev–Trinajstić information content (AvgIpc) is 3.18. The van der Waals surface area contributed by atoms with Crippen molar-refractivity contribution in [2.45, 2.75) is 19.4 Å². The lowest BCUT2D eigenvalue weighted by atomic mass is 9.98. The molecule has 2 aromatic rings. The van der Waals surface area contributed by atoms with Crippen LogP contribution in [-0.4, -0.2) is 33.1 Å². The van der Waals surface area contributed by atoms with Crippen molar-refractivity contribution < 1.29 is 17.9 Å². The van der Waals surface area contributed by atoms with Crippen LogP contribution >= 0.6 is 0 Å². The number of hydrogen-bond acceptors (Lipinski definition) is 6. The summed E-state index contributed by atoms with van der Waals surface area (Å²) in [5.74, 6) is 1.58. The lowest BCUT2D eigenvalue weighted by Crippen LogP contribution is -2.16. The summed E-state index contributed by atoms with van der Waals surface area (Å²) in [6.45, 7) is 2.74. The molecule has 4 rings (SSSR count). The number of sulfonamides is 1. The van der Waals surface area contributed by atoms with E-state index in [0.29, 0.717) is 18.9 Å². The summed E-state index contributed by atoms with van der Waals surface area (Å²) in [4.78, 5) is 0. The van der Waals surface area contributed by atoms with Crippen molar-refractivity contribution >= 4 is 21.4 Å². The quantitative estimate of drug-likeness (QED) is 0.823. The summed E-state index contributed by atoms with van der Waals surface area (Å²) < 4.78 is 37.0. The van der Waals surface area contributed by atoms with E-state index in [0.717, 1.165) is 34.8 Å². The number of benzene rings is 2. The molecule has 0 saturated carbocycles. The second-order valence-corrected chi connectivity index (χ2v) is 8.44. The van der Waals surface area contributed by atoms with E-state index in [2.05, 4.69) is 15.2 Å². The topological polar surface area (TPSA) is 89.0 Å². The van der Waals surface area contributed by atoms with E-state index < -0.39 is 10.0 Å². The van der Waals surface area contributed by atoms with Gasteiger partial charge in [-0.25, -0.2) is 8.42 Å². The van der Waals surface area contributed by atoms with Gasteiger partial charge in [-0.05, 0) is 42.3 Å². The molecule has 27 heavy (non-hydrogen) atoms. The predicted molar refractivity (Wildman–Crippen MR) is 104 cm³/mol. The monoisotopic (exact) mass is 387 g/mol. The van der Waals surface area contributed by atoms with Gasteiger partial charge < -0.3 is 14.9 Å². The zero-order chi connectivity index (χ0) is 18.9. The summed E-state index contributed by atoms with van der Waals surface area (Å²) in [6.07, 6.45) is 0.736. The summed E-state index contributed by atoms with van der Waals surface area (Å²) >= 11 is 0. The maximum atomic E-state index is 11.6. The van der Waals surface area contributed by atoms with Gasteiger partial charge in [-0.2, -0.15) is 5.10 Å². The largest absolute Gasteiger partial charge is 0.486 e. The number of rotatable bonds is 5. The highest BCUT2D eigenvalue weighted by Crippen LogP contribution is 2.34. The molecule has 142 valence electrons. The second-order valence-electron chi connectivity index (χ2n) is 6.43. The van der Waals surface area contributed by atoms with Crippen molar-refractivity contribution in [3.8, 4) is 11.5 Å². The molecule has 7 nitrogen and oxygen atoms in total. The minimum absolute atomic E-state index is 0.0442. The van der Waals surface area contributed by atoms with Gasteiger partial charge in [0, 0.05) is 12.1 Å². The Morgan fingerprint density at radius 3 is 2.59 bits per heavy atom. The number of ether oxygens (including phenoxy) is 2. The normalized spacial score (nSPS) is 18.6. The van der Waals surface area contributed by atoms with Gasteiger partial charge in [0.2, 0.25) is 10.0 Å². The molecule has 2 aliphatic heterocycles. The van der Waals surface area contributed by atoms with E-state index in [1.807, 2.05) is 30.3 Å². The number of hydrazone groups is 1. The first-order chi connectivity index (χ1) is 13.0. The fourth-order valence-electron chi connectivity index (χ4n) is 3.07. The van der Waals surface area contributed by atoms with Gasteiger partial charge in [-0.15, -0.1) is 0 Å². The van der Waals surface area contributed by atoms with Crippen LogP contribution in [0.1, 0.15) is 30.5 Å². The Kier molecular flexibility index (Phi) is 4.65. The molecule has 1 atom stereocenters. The Morgan fingerprint density at radius 1 is 1.11 bits per heavy atom. The van der Waals surface area contributed by atoms with Gasteiger partial charge in [-0.3, -0.25) is 4.72 Å². The van der Waals surface area contributed by atoms with Crippen molar-refractivity contribution in [1.29, 1.82) is 0 Å². The molecule has 1 unspecified atom stereocenters. The molecule has 0 fully saturated rings. The van der Waals surface area contributed by atoms with Crippen LogP contribution in [0, 0.1) is 0 Å². The number of nitrogens with zero attached hydrogens (tertiary/aromatic N) is 1. The molecule has 2 aromatic carbocycles. The van der Waals surface area contributed by atoms with Gasteiger partial charge in [-0.1, -0.05) is 18.2 Å². The van der Waals surface area contributed by atoms with Crippen LogP contribution in [0.5, 0.6) is 11.5 Å². The maximum absolute atomic E-state index is 11.6. The molecule has 8 heteroatoms. The smallest absolute Gasteiger partial charge is 0.232 e. The second kappa shape index (κ2) is 7.11. The number of anilines is 1. The fraction of sp³-hybridized carbons (Fsp3) is 0.316. The molecular weight excluding hydrogens is 366 g/mol. The minimum atomic E-state index is -3.27. The first-order valence-corrected chi connectivity index (χ1v) is 10.5. The third-order valence-corrected chi connectivity index (χ3v) is 5.90. The molecule has 2 N–H and O–H groups in total. The van der Waals surface area contributed by atoms with Crippen molar-refractivity contribution in [2.24, 2.45) is 5.10 Å². The van der Waals surface area contributed by atoms with Crippen LogP contribution in [0.15, 0.2) is 47.6 Å². The van der Waals surface area contributed by atoms with Gasteiger partial charge in [0.15, 0.2) is 11.5 Å². The van der Waals surface area contributed by atoms with Crippen LogP contribution in [0.25, 0.3) is 0 Å². The maximum Gasteiger partial charge on any atom is 0.232 e. The third-order valence-electron chi connectivity index (χ3n) is 4.59.